The van der Waals surface area contributed by atoms with Crippen LogP contribution in [-0.4, -0.2) is 26.3 Å². The Morgan fingerprint density at radius 3 is 2.72 bits per heavy atom. The van der Waals surface area contributed by atoms with Crippen LogP contribution in [-0.2, 0) is 15.8 Å². The smallest absolute Gasteiger partial charge is 0.212 e. The van der Waals surface area contributed by atoms with Gasteiger partial charge in [0.25, 0.3) is 0 Å². The molecule has 0 spiro atoms. The van der Waals surface area contributed by atoms with Crippen molar-refractivity contribution in [3.63, 3.8) is 0 Å². The Morgan fingerprint density at radius 2 is 2.17 bits per heavy atom. The summed E-state index contributed by atoms with van der Waals surface area (Å²) in [5.74, 6) is 1.99. The first kappa shape index (κ1) is 14.5. The molecule has 0 saturated carbocycles. The zero-order valence-corrected chi connectivity index (χ0v) is 11.3. The van der Waals surface area contributed by atoms with Crippen molar-refractivity contribution in [2.75, 3.05) is 13.6 Å². The van der Waals surface area contributed by atoms with Crippen molar-refractivity contribution < 1.29 is 8.42 Å². The largest absolute Gasteiger partial charge is 0.218 e. The fourth-order valence-corrected chi connectivity index (χ4v) is 2.62. The van der Waals surface area contributed by atoms with E-state index in [1.807, 2.05) is 6.07 Å². The van der Waals surface area contributed by atoms with E-state index in [-0.39, 0.29) is 17.9 Å². The summed E-state index contributed by atoms with van der Waals surface area (Å²) < 4.78 is 24.9. The molecular formula is C12H11ClN2O2S. The third-order valence-electron chi connectivity index (χ3n) is 2.32. The molecule has 0 radical (unpaired) electrons. The maximum atomic E-state index is 11.9. The van der Waals surface area contributed by atoms with Gasteiger partial charge in [-0.3, -0.25) is 0 Å². The third-order valence-corrected chi connectivity index (χ3v) is 4.31. The number of rotatable bonds is 4. The molecule has 1 aromatic carbocycles. The molecule has 0 aliphatic carbocycles. The maximum Gasteiger partial charge on any atom is 0.218 e. The van der Waals surface area contributed by atoms with Crippen LogP contribution in [0.1, 0.15) is 11.1 Å². The van der Waals surface area contributed by atoms with Gasteiger partial charge < -0.3 is 0 Å². The van der Waals surface area contributed by atoms with Crippen molar-refractivity contribution in [1.29, 1.82) is 5.26 Å². The van der Waals surface area contributed by atoms with Gasteiger partial charge in [0.05, 0.1) is 23.9 Å². The Hall–Kier alpha value is -1.53. The highest BCUT2D eigenvalue weighted by molar-refractivity contribution is 7.88. The summed E-state index contributed by atoms with van der Waals surface area (Å²) >= 11 is 5.74. The van der Waals surface area contributed by atoms with E-state index >= 15 is 0 Å². The molecule has 0 heterocycles. The first-order valence-electron chi connectivity index (χ1n) is 4.96. The summed E-state index contributed by atoms with van der Waals surface area (Å²) in [5.41, 5.74) is 0.658. The predicted molar refractivity (Wildman–Crippen MR) is 70.3 cm³/mol. The molecule has 0 fully saturated rings. The predicted octanol–water partition coefficient (Wildman–Crippen LogP) is 1.61. The zero-order chi connectivity index (χ0) is 13.8. The fraction of sp³-hybridized carbons (Fsp3) is 0.250. The number of sulfonamides is 1. The van der Waals surface area contributed by atoms with Gasteiger partial charge >= 0.3 is 0 Å². The van der Waals surface area contributed by atoms with Crippen molar-refractivity contribution in [1.82, 2.24) is 4.31 Å². The summed E-state index contributed by atoms with van der Waals surface area (Å²) in [4.78, 5) is 0. The molecule has 1 rings (SSSR count). The molecule has 4 nitrogen and oxygen atoms in total. The van der Waals surface area contributed by atoms with Crippen LogP contribution in [0.5, 0.6) is 0 Å². The quantitative estimate of drug-likeness (QED) is 0.788. The fourth-order valence-electron chi connectivity index (χ4n) is 1.31. The molecule has 0 saturated heterocycles. The van der Waals surface area contributed by atoms with Crippen LogP contribution in [0.2, 0.25) is 5.02 Å². The average molecular weight is 283 g/mol. The van der Waals surface area contributed by atoms with Crippen molar-refractivity contribution in [3.8, 4) is 18.4 Å². The minimum atomic E-state index is -3.52. The molecule has 0 unspecified atom stereocenters. The summed E-state index contributed by atoms with van der Waals surface area (Å²) in [6, 6.07) is 6.44. The Morgan fingerprint density at radius 1 is 1.50 bits per heavy atom. The summed E-state index contributed by atoms with van der Waals surface area (Å²) in [5, 5.41) is 9.33. The lowest BCUT2D eigenvalue weighted by molar-refractivity contribution is 0.502. The van der Waals surface area contributed by atoms with Gasteiger partial charge in [-0.15, -0.1) is 6.42 Å². The van der Waals surface area contributed by atoms with Crippen LogP contribution >= 0.6 is 11.6 Å². The molecule has 0 amide bonds. The van der Waals surface area contributed by atoms with Crippen molar-refractivity contribution in [2.24, 2.45) is 0 Å². The highest BCUT2D eigenvalue weighted by Crippen LogP contribution is 2.18. The SMILES string of the molecule is C#CCN(C)S(=O)(=O)Cc1ccc(Cl)cc1C#N. The highest BCUT2D eigenvalue weighted by Gasteiger charge is 2.19. The van der Waals surface area contributed by atoms with E-state index in [0.717, 1.165) is 4.31 Å². The van der Waals surface area contributed by atoms with Crippen LogP contribution in [0.3, 0.4) is 0 Å². The Kier molecular flexibility index (Phi) is 4.75. The molecule has 0 aromatic heterocycles. The second kappa shape index (κ2) is 5.88. The van der Waals surface area contributed by atoms with Crippen molar-refractivity contribution in [2.45, 2.75) is 5.75 Å². The van der Waals surface area contributed by atoms with Gasteiger partial charge in [-0.25, -0.2) is 8.42 Å². The number of hydrogen-bond acceptors (Lipinski definition) is 3. The van der Waals surface area contributed by atoms with Gasteiger partial charge in [0.15, 0.2) is 0 Å². The van der Waals surface area contributed by atoms with E-state index < -0.39 is 10.0 Å². The topological polar surface area (TPSA) is 61.2 Å². The van der Waals surface area contributed by atoms with Crippen LogP contribution in [0.4, 0.5) is 0 Å². The molecular weight excluding hydrogens is 272 g/mol. The van der Waals surface area contributed by atoms with Crippen LogP contribution in [0, 0.1) is 23.7 Å². The van der Waals surface area contributed by atoms with Crippen LogP contribution in [0.15, 0.2) is 18.2 Å². The molecule has 0 aliphatic rings. The normalized spacial score (nSPS) is 10.9. The van der Waals surface area contributed by atoms with E-state index in [1.165, 1.54) is 19.2 Å². The van der Waals surface area contributed by atoms with Gasteiger partial charge in [0.1, 0.15) is 0 Å². The van der Waals surface area contributed by atoms with Crippen molar-refractivity contribution >= 4 is 21.6 Å². The molecule has 18 heavy (non-hydrogen) atoms. The second-order valence-corrected chi connectivity index (χ2v) is 6.14. The van der Waals surface area contributed by atoms with Gasteiger partial charge in [0.2, 0.25) is 10.0 Å². The van der Waals surface area contributed by atoms with Gasteiger partial charge in [-0.05, 0) is 17.7 Å². The first-order valence-corrected chi connectivity index (χ1v) is 6.95. The molecule has 0 N–H and O–H groups in total. The Labute approximate surface area is 112 Å². The lowest BCUT2D eigenvalue weighted by atomic mass is 10.1. The number of halogens is 1. The third kappa shape index (κ3) is 3.48. The summed E-state index contributed by atoms with van der Waals surface area (Å²) in [6.45, 7) is -0.00217. The lowest BCUT2D eigenvalue weighted by Crippen LogP contribution is -2.28. The Balaban J connectivity index is 3.06. The summed E-state index contributed by atoms with van der Waals surface area (Å²) in [7, 11) is -2.12. The van der Waals surface area contributed by atoms with Crippen LogP contribution in [0.25, 0.3) is 0 Å². The molecule has 94 valence electrons. The van der Waals surface area contributed by atoms with Crippen molar-refractivity contribution in [3.05, 3.63) is 34.3 Å². The average Bonchev–Trinajstić information content (AvgIpc) is 2.31. The highest BCUT2D eigenvalue weighted by atomic mass is 35.5. The second-order valence-electron chi connectivity index (χ2n) is 3.63. The van der Waals surface area contributed by atoms with E-state index in [1.54, 1.807) is 6.07 Å². The van der Waals surface area contributed by atoms with Gasteiger partial charge in [-0.1, -0.05) is 23.6 Å². The maximum absolute atomic E-state index is 11.9. The van der Waals surface area contributed by atoms with Crippen LogP contribution < -0.4 is 0 Å². The van der Waals surface area contributed by atoms with E-state index in [9.17, 15) is 8.42 Å². The number of nitriles is 1. The monoisotopic (exact) mass is 282 g/mol. The van der Waals surface area contributed by atoms with E-state index in [4.69, 9.17) is 23.3 Å². The number of benzene rings is 1. The minimum absolute atomic E-state index is 0.00217. The molecule has 6 heteroatoms. The molecule has 0 aliphatic heterocycles. The molecule has 1 aromatic rings. The summed E-state index contributed by atoms with van der Waals surface area (Å²) in [6.07, 6.45) is 5.07. The first-order chi connectivity index (χ1) is 8.40. The lowest BCUT2D eigenvalue weighted by Gasteiger charge is -2.14. The number of hydrogen-bond donors (Lipinski definition) is 0. The standard InChI is InChI=1S/C12H11ClN2O2S/c1-3-6-15(2)18(16,17)9-10-4-5-12(13)7-11(10)8-14/h1,4-5,7H,6,9H2,2H3. The molecule has 0 bridgehead atoms. The van der Waals surface area contributed by atoms with Gasteiger partial charge in [-0.2, -0.15) is 9.57 Å². The Bertz CT molecular complexity index is 626. The zero-order valence-electron chi connectivity index (χ0n) is 9.72. The number of terminal acetylenes is 1. The molecule has 0 atom stereocenters. The minimum Gasteiger partial charge on any atom is -0.212 e. The van der Waals surface area contributed by atoms with Gasteiger partial charge in [0, 0.05) is 12.1 Å². The van der Waals surface area contributed by atoms with E-state index in [0.29, 0.717) is 10.6 Å². The van der Waals surface area contributed by atoms with E-state index in [2.05, 4.69) is 5.92 Å². The number of nitrogens with zero attached hydrogens (tertiary/aromatic N) is 2.